The highest BCUT2D eigenvalue weighted by atomic mass is 16.5. The van der Waals surface area contributed by atoms with Gasteiger partial charge in [-0.1, -0.05) is 17.3 Å². The number of aromatic nitrogens is 2. The SMILES string of the molecule is Cc1ccc(-c2noc(C3CC34CCOC4)n2)cc1N1CCCC1. The molecule has 3 aliphatic rings. The van der Waals surface area contributed by atoms with E-state index in [1.807, 2.05) is 0 Å². The molecule has 2 saturated heterocycles. The molecule has 1 saturated carbocycles. The minimum atomic E-state index is 0.289. The molecule has 0 radical (unpaired) electrons. The Bertz CT molecular complexity index is 758. The molecule has 1 aromatic carbocycles. The lowest BCUT2D eigenvalue weighted by Crippen LogP contribution is -2.18. The molecule has 1 spiro atoms. The van der Waals surface area contributed by atoms with Crippen LogP contribution >= 0.6 is 0 Å². The largest absolute Gasteiger partial charge is 0.381 e. The minimum Gasteiger partial charge on any atom is -0.381 e. The van der Waals surface area contributed by atoms with Crippen molar-refractivity contribution in [3.8, 4) is 11.4 Å². The van der Waals surface area contributed by atoms with Gasteiger partial charge in [-0.15, -0.1) is 0 Å². The zero-order valence-corrected chi connectivity index (χ0v) is 14.1. The van der Waals surface area contributed by atoms with Crippen LogP contribution in [0.15, 0.2) is 22.7 Å². The molecule has 2 aliphatic heterocycles. The Kier molecular flexibility index (Phi) is 3.20. The van der Waals surface area contributed by atoms with E-state index >= 15 is 0 Å². The van der Waals surface area contributed by atoms with Crippen LogP contribution in [0.5, 0.6) is 0 Å². The second kappa shape index (κ2) is 5.31. The van der Waals surface area contributed by atoms with Crippen LogP contribution in [0.2, 0.25) is 0 Å². The third kappa shape index (κ3) is 2.25. The molecular formula is C19H23N3O2. The van der Waals surface area contributed by atoms with E-state index in [1.54, 1.807) is 0 Å². The Labute approximate surface area is 142 Å². The lowest BCUT2D eigenvalue weighted by atomic mass is 10.0. The van der Waals surface area contributed by atoms with Crippen molar-refractivity contribution in [1.29, 1.82) is 0 Å². The summed E-state index contributed by atoms with van der Waals surface area (Å²) in [4.78, 5) is 7.17. The quantitative estimate of drug-likeness (QED) is 0.864. The summed E-state index contributed by atoms with van der Waals surface area (Å²) in [6.07, 6.45) is 4.81. The standard InChI is InChI=1S/C19H23N3O2/c1-13-4-5-14(10-16(13)22-7-2-3-8-22)17-20-18(24-21-17)15-11-19(15)6-9-23-12-19/h4-5,10,15H,2-3,6-9,11-12H2,1H3. The number of hydrogen-bond donors (Lipinski definition) is 0. The summed E-state index contributed by atoms with van der Waals surface area (Å²) in [5, 5.41) is 4.25. The van der Waals surface area contributed by atoms with Gasteiger partial charge in [0.05, 0.1) is 6.61 Å². The summed E-state index contributed by atoms with van der Waals surface area (Å²) in [6.45, 7) is 6.18. The van der Waals surface area contributed by atoms with Crippen molar-refractivity contribution in [3.05, 3.63) is 29.7 Å². The molecule has 24 heavy (non-hydrogen) atoms. The van der Waals surface area contributed by atoms with E-state index in [0.717, 1.165) is 50.6 Å². The Balaban J connectivity index is 1.42. The van der Waals surface area contributed by atoms with Crippen LogP contribution < -0.4 is 4.90 Å². The monoisotopic (exact) mass is 325 g/mol. The second-order valence-electron chi connectivity index (χ2n) is 7.57. The molecule has 0 amide bonds. The number of rotatable bonds is 3. The zero-order valence-electron chi connectivity index (χ0n) is 14.1. The van der Waals surface area contributed by atoms with Gasteiger partial charge in [-0.25, -0.2) is 0 Å². The summed E-state index contributed by atoms with van der Waals surface area (Å²) in [7, 11) is 0. The lowest BCUT2D eigenvalue weighted by Gasteiger charge is -2.20. The average molecular weight is 325 g/mol. The van der Waals surface area contributed by atoms with Gasteiger partial charge in [0, 0.05) is 42.3 Å². The maximum absolute atomic E-state index is 5.60. The van der Waals surface area contributed by atoms with Crippen LogP contribution in [-0.4, -0.2) is 36.4 Å². The number of hydrogen-bond acceptors (Lipinski definition) is 5. The van der Waals surface area contributed by atoms with E-state index in [9.17, 15) is 0 Å². The van der Waals surface area contributed by atoms with Gasteiger partial charge in [0.1, 0.15) is 0 Å². The maximum Gasteiger partial charge on any atom is 0.230 e. The summed E-state index contributed by atoms with van der Waals surface area (Å²) in [6, 6.07) is 6.49. The number of ether oxygens (including phenoxy) is 1. The van der Waals surface area contributed by atoms with Crippen molar-refractivity contribution < 1.29 is 9.26 Å². The highest BCUT2D eigenvalue weighted by Gasteiger charge is 2.59. The highest BCUT2D eigenvalue weighted by molar-refractivity contribution is 5.66. The van der Waals surface area contributed by atoms with E-state index in [-0.39, 0.29) is 5.41 Å². The molecule has 0 N–H and O–H groups in total. The fraction of sp³-hybridized carbons (Fsp3) is 0.579. The van der Waals surface area contributed by atoms with Crippen molar-refractivity contribution in [2.45, 2.75) is 38.5 Å². The van der Waals surface area contributed by atoms with E-state index < -0.39 is 0 Å². The van der Waals surface area contributed by atoms with Crippen molar-refractivity contribution in [2.24, 2.45) is 5.41 Å². The molecule has 1 aliphatic carbocycles. The summed E-state index contributed by atoms with van der Waals surface area (Å²) in [5.41, 5.74) is 3.96. The van der Waals surface area contributed by atoms with Gasteiger partial charge in [0.2, 0.25) is 11.7 Å². The number of benzene rings is 1. The van der Waals surface area contributed by atoms with E-state index in [4.69, 9.17) is 14.2 Å². The zero-order chi connectivity index (χ0) is 16.1. The Morgan fingerprint density at radius 1 is 1.25 bits per heavy atom. The van der Waals surface area contributed by atoms with Crippen LogP contribution in [0.1, 0.15) is 43.1 Å². The van der Waals surface area contributed by atoms with Crippen LogP contribution in [0, 0.1) is 12.3 Å². The molecule has 2 unspecified atom stereocenters. The summed E-state index contributed by atoms with van der Waals surface area (Å²) < 4.78 is 11.2. The third-order valence-electron chi connectivity index (χ3n) is 5.98. The topological polar surface area (TPSA) is 51.4 Å². The summed E-state index contributed by atoms with van der Waals surface area (Å²) >= 11 is 0. The average Bonchev–Trinajstić information content (AvgIpc) is 3.11. The smallest absolute Gasteiger partial charge is 0.230 e. The predicted molar refractivity (Wildman–Crippen MR) is 91.1 cm³/mol. The fourth-order valence-electron chi connectivity index (χ4n) is 4.30. The summed E-state index contributed by atoms with van der Waals surface area (Å²) in [5.74, 6) is 1.90. The molecular weight excluding hydrogens is 302 g/mol. The first kappa shape index (κ1) is 14.5. The van der Waals surface area contributed by atoms with Gasteiger partial charge < -0.3 is 14.2 Å². The normalized spacial score (nSPS) is 28.9. The Morgan fingerprint density at radius 3 is 2.92 bits per heavy atom. The van der Waals surface area contributed by atoms with Crippen LogP contribution in [0.25, 0.3) is 11.4 Å². The van der Waals surface area contributed by atoms with Crippen molar-refractivity contribution >= 4 is 5.69 Å². The van der Waals surface area contributed by atoms with E-state index in [2.05, 4.69) is 35.2 Å². The number of nitrogens with zero attached hydrogens (tertiary/aromatic N) is 3. The highest BCUT2D eigenvalue weighted by Crippen LogP contribution is 2.63. The van der Waals surface area contributed by atoms with Gasteiger partial charge in [-0.3, -0.25) is 0 Å². The van der Waals surface area contributed by atoms with Crippen molar-refractivity contribution in [2.75, 3.05) is 31.2 Å². The Hall–Kier alpha value is -1.88. The predicted octanol–water partition coefficient (Wildman–Crippen LogP) is 3.54. The molecule has 5 rings (SSSR count). The van der Waals surface area contributed by atoms with Crippen molar-refractivity contribution in [1.82, 2.24) is 10.1 Å². The molecule has 5 nitrogen and oxygen atoms in total. The van der Waals surface area contributed by atoms with Gasteiger partial charge >= 0.3 is 0 Å². The maximum atomic E-state index is 5.60. The third-order valence-corrected chi connectivity index (χ3v) is 5.98. The lowest BCUT2D eigenvalue weighted by molar-refractivity contribution is 0.179. The first-order valence-electron chi connectivity index (χ1n) is 9.03. The molecule has 3 fully saturated rings. The van der Waals surface area contributed by atoms with E-state index in [1.165, 1.54) is 24.1 Å². The van der Waals surface area contributed by atoms with Crippen molar-refractivity contribution in [3.63, 3.8) is 0 Å². The second-order valence-corrected chi connectivity index (χ2v) is 7.57. The van der Waals surface area contributed by atoms with Crippen LogP contribution in [0.3, 0.4) is 0 Å². The number of anilines is 1. The minimum absolute atomic E-state index is 0.289. The fourth-order valence-corrected chi connectivity index (χ4v) is 4.30. The Morgan fingerprint density at radius 2 is 2.12 bits per heavy atom. The molecule has 3 heterocycles. The molecule has 126 valence electrons. The van der Waals surface area contributed by atoms with Gasteiger partial charge in [-0.05, 0) is 44.2 Å². The van der Waals surface area contributed by atoms with Gasteiger partial charge in [-0.2, -0.15) is 4.98 Å². The molecule has 1 aromatic heterocycles. The molecule has 5 heteroatoms. The van der Waals surface area contributed by atoms with Gasteiger partial charge in [0.15, 0.2) is 0 Å². The van der Waals surface area contributed by atoms with E-state index in [0.29, 0.717) is 11.7 Å². The number of aryl methyl sites for hydroxylation is 1. The molecule has 0 bridgehead atoms. The molecule has 2 aromatic rings. The van der Waals surface area contributed by atoms with Crippen LogP contribution in [0.4, 0.5) is 5.69 Å². The molecule has 2 atom stereocenters. The van der Waals surface area contributed by atoms with Gasteiger partial charge in [0.25, 0.3) is 0 Å². The first-order valence-corrected chi connectivity index (χ1v) is 9.03. The van der Waals surface area contributed by atoms with Crippen LogP contribution in [-0.2, 0) is 4.74 Å². The first-order chi connectivity index (χ1) is 11.8.